The molecule has 0 atom stereocenters. The van der Waals surface area contributed by atoms with Gasteiger partial charge in [0.25, 0.3) is 10.0 Å². The molecule has 2 aromatic rings. The SMILES string of the molecule is O=C(Nc1cccc(I)c1)C1CCN(C2=NS(=O)(=O)c3ccccc32)CC1. The molecule has 2 aliphatic rings. The fraction of sp³-hybridized carbons (Fsp3) is 0.263. The van der Waals surface area contributed by atoms with E-state index in [2.05, 4.69) is 32.3 Å². The van der Waals surface area contributed by atoms with Crippen LogP contribution in [0.5, 0.6) is 0 Å². The number of benzene rings is 2. The molecule has 27 heavy (non-hydrogen) atoms. The Balaban J connectivity index is 1.43. The van der Waals surface area contributed by atoms with Crippen molar-refractivity contribution in [2.45, 2.75) is 17.7 Å². The van der Waals surface area contributed by atoms with Crippen molar-refractivity contribution >= 4 is 50.0 Å². The predicted molar refractivity (Wildman–Crippen MR) is 112 cm³/mol. The molecule has 0 bridgehead atoms. The van der Waals surface area contributed by atoms with E-state index in [0.717, 1.165) is 9.26 Å². The zero-order chi connectivity index (χ0) is 19.0. The summed E-state index contributed by atoms with van der Waals surface area (Å²) in [6.07, 6.45) is 1.33. The molecule has 2 aromatic carbocycles. The average molecular weight is 495 g/mol. The topological polar surface area (TPSA) is 78.8 Å². The minimum absolute atomic E-state index is 0.0121. The Kier molecular flexibility index (Phi) is 4.94. The normalized spacial score (nSPS) is 18.7. The second-order valence-electron chi connectivity index (χ2n) is 6.65. The summed E-state index contributed by atoms with van der Waals surface area (Å²) in [5, 5.41) is 2.98. The van der Waals surface area contributed by atoms with Crippen LogP contribution < -0.4 is 5.32 Å². The van der Waals surface area contributed by atoms with E-state index in [4.69, 9.17) is 0 Å². The Hall–Kier alpha value is -1.94. The van der Waals surface area contributed by atoms with Gasteiger partial charge in [-0.3, -0.25) is 4.79 Å². The van der Waals surface area contributed by atoms with Gasteiger partial charge in [0.2, 0.25) is 5.91 Å². The van der Waals surface area contributed by atoms with Gasteiger partial charge >= 0.3 is 0 Å². The van der Waals surface area contributed by atoms with Crippen LogP contribution in [0.3, 0.4) is 0 Å². The van der Waals surface area contributed by atoms with Gasteiger partial charge in [-0.1, -0.05) is 18.2 Å². The lowest BCUT2D eigenvalue weighted by atomic mass is 9.95. The van der Waals surface area contributed by atoms with Crippen molar-refractivity contribution in [2.75, 3.05) is 18.4 Å². The van der Waals surface area contributed by atoms with E-state index in [0.29, 0.717) is 37.3 Å². The minimum atomic E-state index is -3.61. The van der Waals surface area contributed by atoms with Crippen LogP contribution in [0, 0.1) is 9.49 Å². The van der Waals surface area contributed by atoms with Gasteiger partial charge in [-0.15, -0.1) is 4.40 Å². The van der Waals surface area contributed by atoms with E-state index in [1.54, 1.807) is 18.2 Å². The Labute approximate surface area is 171 Å². The van der Waals surface area contributed by atoms with E-state index in [1.807, 2.05) is 35.2 Å². The molecule has 0 unspecified atom stereocenters. The third-order valence-corrected chi connectivity index (χ3v) is 6.87. The van der Waals surface area contributed by atoms with Crippen molar-refractivity contribution in [1.29, 1.82) is 0 Å². The van der Waals surface area contributed by atoms with Gasteiger partial charge < -0.3 is 10.2 Å². The molecule has 4 rings (SSSR count). The predicted octanol–water partition coefficient (Wildman–Crippen LogP) is 3.09. The highest BCUT2D eigenvalue weighted by atomic mass is 127. The van der Waals surface area contributed by atoms with Crippen molar-refractivity contribution < 1.29 is 13.2 Å². The largest absolute Gasteiger partial charge is 0.355 e. The number of amidine groups is 1. The Morgan fingerprint density at radius 1 is 1.11 bits per heavy atom. The number of likely N-dealkylation sites (tertiary alicyclic amines) is 1. The molecule has 1 amide bonds. The maximum Gasteiger partial charge on any atom is 0.285 e. The number of hydrogen-bond acceptors (Lipinski definition) is 4. The van der Waals surface area contributed by atoms with Crippen molar-refractivity contribution in [2.24, 2.45) is 10.3 Å². The number of nitrogens with one attached hydrogen (secondary N) is 1. The van der Waals surface area contributed by atoms with Crippen molar-refractivity contribution in [3.63, 3.8) is 0 Å². The second-order valence-corrected chi connectivity index (χ2v) is 9.47. The molecule has 1 N–H and O–H groups in total. The maximum atomic E-state index is 12.6. The molecule has 0 spiro atoms. The zero-order valence-electron chi connectivity index (χ0n) is 14.4. The molecule has 6 nitrogen and oxygen atoms in total. The summed E-state index contributed by atoms with van der Waals surface area (Å²) in [6, 6.07) is 14.6. The molecule has 0 aliphatic carbocycles. The van der Waals surface area contributed by atoms with Crippen molar-refractivity contribution in [1.82, 2.24) is 4.90 Å². The summed E-state index contributed by atoms with van der Waals surface area (Å²) in [7, 11) is -3.61. The highest BCUT2D eigenvalue weighted by Crippen LogP contribution is 2.30. The van der Waals surface area contributed by atoms with Crippen LogP contribution in [-0.4, -0.2) is 38.2 Å². The summed E-state index contributed by atoms with van der Waals surface area (Å²) < 4.78 is 29.5. The number of halogens is 1. The maximum absolute atomic E-state index is 12.6. The highest BCUT2D eigenvalue weighted by Gasteiger charge is 2.34. The smallest absolute Gasteiger partial charge is 0.285 e. The third-order valence-electron chi connectivity index (χ3n) is 4.87. The highest BCUT2D eigenvalue weighted by molar-refractivity contribution is 14.1. The third kappa shape index (κ3) is 3.73. The number of amides is 1. The standard InChI is InChI=1S/C19H18IN3O3S/c20-14-4-3-5-15(12-14)21-19(24)13-8-10-23(11-9-13)18-16-6-1-2-7-17(16)27(25,26)22-18/h1-7,12-13H,8-11H2,(H,21,24). The summed E-state index contributed by atoms with van der Waals surface area (Å²) in [5.41, 5.74) is 1.45. The molecular formula is C19H18IN3O3S. The molecule has 1 saturated heterocycles. The van der Waals surface area contributed by atoms with E-state index in [1.165, 1.54) is 0 Å². The van der Waals surface area contributed by atoms with Crippen LogP contribution in [0.2, 0.25) is 0 Å². The van der Waals surface area contributed by atoms with Gasteiger partial charge in [0.15, 0.2) is 5.84 Å². The first-order valence-electron chi connectivity index (χ1n) is 8.70. The fourth-order valence-electron chi connectivity index (χ4n) is 3.48. The zero-order valence-corrected chi connectivity index (χ0v) is 17.4. The number of anilines is 1. The second kappa shape index (κ2) is 7.23. The number of carbonyl (C=O) groups is 1. The number of sulfonamides is 1. The van der Waals surface area contributed by atoms with Crippen LogP contribution in [0.4, 0.5) is 5.69 Å². The summed E-state index contributed by atoms with van der Waals surface area (Å²) in [5.74, 6) is 0.424. The summed E-state index contributed by atoms with van der Waals surface area (Å²) in [4.78, 5) is 14.8. The average Bonchev–Trinajstić information content (AvgIpc) is 2.93. The first-order chi connectivity index (χ1) is 12.9. The lowest BCUT2D eigenvalue weighted by Crippen LogP contribution is -2.41. The number of hydrogen-bond donors (Lipinski definition) is 1. The first kappa shape index (κ1) is 18.4. The lowest BCUT2D eigenvalue weighted by molar-refractivity contribution is -0.120. The van der Waals surface area contributed by atoms with Gasteiger partial charge in [0, 0.05) is 33.8 Å². The Morgan fingerprint density at radius 3 is 2.59 bits per heavy atom. The molecule has 0 radical (unpaired) electrons. The van der Waals surface area contributed by atoms with E-state index >= 15 is 0 Å². The van der Waals surface area contributed by atoms with Gasteiger partial charge in [0.05, 0.1) is 0 Å². The molecule has 2 aliphatic heterocycles. The van der Waals surface area contributed by atoms with Gasteiger partial charge in [0.1, 0.15) is 4.90 Å². The molecule has 8 heteroatoms. The summed E-state index contributed by atoms with van der Waals surface area (Å²) in [6.45, 7) is 1.21. The van der Waals surface area contributed by atoms with Crippen LogP contribution in [0.15, 0.2) is 57.8 Å². The van der Waals surface area contributed by atoms with E-state index < -0.39 is 10.0 Å². The molecule has 0 saturated carbocycles. The van der Waals surface area contributed by atoms with Crippen LogP contribution >= 0.6 is 22.6 Å². The quantitative estimate of drug-likeness (QED) is 0.650. The molecule has 140 valence electrons. The van der Waals surface area contributed by atoms with Crippen LogP contribution in [0.1, 0.15) is 18.4 Å². The van der Waals surface area contributed by atoms with Crippen LogP contribution in [-0.2, 0) is 14.8 Å². The lowest BCUT2D eigenvalue weighted by Gasteiger charge is -2.32. The number of fused-ring (bicyclic) bond motifs is 1. The Morgan fingerprint density at radius 2 is 1.85 bits per heavy atom. The number of carbonyl (C=O) groups excluding carboxylic acids is 1. The number of rotatable bonds is 2. The van der Waals surface area contributed by atoms with E-state index in [9.17, 15) is 13.2 Å². The molecule has 1 fully saturated rings. The van der Waals surface area contributed by atoms with Gasteiger partial charge in [-0.2, -0.15) is 8.42 Å². The monoisotopic (exact) mass is 495 g/mol. The minimum Gasteiger partial charge on any atom is -0.355 e. The van der Waals surface area contributed by atoms with Gasteiger partial charge in [-0.05, 0) is 65.8 Å². The van der Waals surface area contributed by atoms with Crippen molar-refractivity contribution in [3.05, 3.63) is 57.7 Å². The van der Waals surface area contributed by atoms with Gasteiger partial charge in [-0.25, -0.2) is 0 Å². The molecule has 0 aromatic heterocycles. The summed E-state index contributed by atoms with van der Waals surface area (Å²) >= 11 is 2.21. The Bertz CT molecular complexity index is 1030. The van der Waals surface area contributed by atoms with Crippen LogP contribution in [0.25, 0.3) is 0 Å². The molecular weight excluding hydrogens is 477 g/mol. The number of piperidine rings is 1. The first-order valence-corrected chi connectivity index (χ1v) is 11.2. The van der Waals surface area contributed by atoms with E-state index in [-0.39, 0.29) is 16.7 Å². The van der Waals surface area contributed by atoms with Crippen molar-refractivity contribution in [3.8, 4) is 0 Å². The number of nitrogens with zero attached hydrogens (tertiary/aromatic N) is 2. The molecule has 2 heterocycles. The fourth-order valence-corrected chi connectivity index (χ4v) is 5.25.